The van der Waals surface area contributed by atoms with E-state index in [9.17, 15) is 4.79 Å². The molecule has 0 saturated heterocycles. The van der Waals surface area contributed by atoms with E-state index in [1.165, 1.54) is 11.1 Å². The summed E-state index contributed by atoms with van der Waals surface area (Å²) in [5.41, 5.74) is 6.72. The van der Waals surface area contributed by atoms with Crippen molar-refractivity contribution in [3.63, 3.8) is 0 Å². The zero-order chi connectivity index (χ0) is 20.3. The van der Waals surface area contributed by atoms with Gasteiger partial charge in [0.25, 0.3) is 0 Å². The number of nitrogens with zero attached hydrogens (tertiary/aromatic N) is 2. The fraction of sp³-hybridized carbons (Fsp3) is 0.0417. The van der Waals surface area contributed by atoms with Crippen molar-refractivity contribution >= 4 is 17.0 Å². The third-order valence-corrected chi connectivity index (χ3v) is 5.01. The average molecular weight is 393 g/mol. The van der Waals surface area contributed by atoms with Crippen LogP contribution in [0.1, 0.15) is 5.56 Å². The third-order valence-electron chi connectivity index (χ3n) is 5.01. The van der Waals surface area contributed by atoms with Gasteiger partial charge in [0.05, 0.1) is 11.0 Å². The second-order valence-electron chi connectivity index (χ2n) is 7.05. The fourth-order valence-electron chi connectivity index (χ4n) is 3.41. The molecule has 30 heavy (non-hydrogen) atoms. The summed E-state index contributed by atoms with van der Waals surface area (Å²) < 4.78 is 0. The number of hydrogen-bond acceptors (Lipinski definition) is 4. The molecule has 0 bridgehead atoms. The number of rotatable bonds is 5. The molecule has 6 heteroatoms. The molecule has 0 unspecified atom stereocenters. The molecule has 2 heterocycles. The Morgan fingerprint density at radius 3 is 2.13 bits per heavy atom. The highest BCUT2D eigenvalue weighted by atomic mass is 16.1. The van der Waals surface area contributed by atoms with Gasteiger partial charge in [-0.3, -0.25) is 0 Å². The largest absolute Gasteiger partial charge is 0.350 e. The van der Waals surface area contributed by atoms with Gasteiger partial charge >= 0.3 is 5.69 Å². The number of aromatic nitrogens is 4. The molecule has 0 aliphatic carbocycles. The van der Waals surface area contributed by atoms with E-state index in [0.29, 0.717) is 12.5 Å². The minimum absolute atomic E-state index is 0.213. The van der Waals surface area contributed by atoms with Crippen molar-refractivity contribution in [3.05, 3.63) is 101 Å². The van der Waals surface area contributed by atoms with Crippen LogP contribution in [0.2, 0.25) is 0 Å². The Labute approximate surface area is 172 Å². The van der Waals surface area contributed by atoms with E-state index in [2.05, 4.69) is 61.7 Å². The van der Waals surface area contributed by atoms with Gasteiger partial charge < -0.3 is 15.3 Å². The molecule has 3 aromatic carbocycles. The highest BCUT2D eigenvalue weighted by Crippen LogP contribution is 2.22. The van der Waals surface area contributed by atoms with Crippen molar-refractivity contribution < 1.29 is 0 Å². The van der Waals surface area contributed by atoms with Gasteiger partial charge in [-0.15, -0.1) is 0 Å². The lowest BCUT2D eigenvalue weighted by Crippen LogP contribution is -2.03. The monoisotopic (exact) mass is 393 g/mol. The summed E-state index contributed by atoms with van der Waals surface area (Å²) in [7, 11) is 0. The summed E-state index contributed by atoms with van der Waals surface area (Å²) in [6, 6.07) is 24.5. The zero-order valence-electron chi connectivity index (χ0n) is 16.1. The van der Waals surface area contributed by atoms with Crippen molar-refractivity contribution in [2.24, 2.45) is 0 Å². The summed E-state index contributed by atoms with van der Waals surface area (Å²) in [6.45, 7) is 0.644. The van der Waals surface area contributed by atoms with Crippen LogP contribution in [-0.4, -0.2) is 19.9 Å². The molecule has 0 atom stereocenters. The molecule has 0 radical (unpaired) electrons. The Morgan fingerprint density at radius 2 is 1.37 bits per heavy atom. The van der Waals surface area contributed by atoms with Crippen LogP contribution >= 0.6 is 0 Å². The summed E-state index contributed by atoms with van der Waals surface area (Å²) >= 11 is 0. The lowest BCUT2D eigenvalue weighted by molar-refractivity contribution is 1.06. The normalized spacial score (nSPS) is 10.9. The first-order chi connectivity index (χ1) is 14.7. The first kappa shape index (κ1) is 17.9. The van der Waals surface area contributed by atoms with Crippen LogP contribution in [0.4, 0.5) is 5.95 Å². The van der Waals surface area contributed by atoms with Crippen LogP contribution in [0, 0.1) is 0 Å². The molecule has 5 rings (SSSR count). The van der Waals surface area contributed by atoms with Crippen molar-refractivity contribution in [2.75, 3.05) is 5.32 Å². The lowest BCUT2D eigenvalue weighted by Gasteiger charge is -2.07. The van der Waals surface area contributed by atoms with Crippen LogP contribution in [0.15, 0.2) is 90.0 Å². The van der Waals surface area contributed by atoms with Crippen LogP contribution in [0.3, 0.4) is 0 Å². The number of anilines is 1. The molecule has 0 saturated carbocycles. The molecule has 0 spiro atoms. The molecule has 3 N–H and O–H groups in total. The minimum Gasteiger partial charge on any atom is -0.350 e. The van der Waals surface area contributed by atoms with E-state index < -0.39 is 0 Å². The molecular weight excluding hydrogens is 374 g/mol. The number of imidazole rings is 1. The smallest absolute Gasteiger partial charge is 0.323 e. The Kier molecular flexibility index (Phi) is 4.57. The minimum atomic E-state index is -0.213. The van der Waals surface area contributed by atoms with Gasteiger partial charge in [-0.25, -0.2) is 14.8 Å². The quantitative estimate of drug-likeness (QED) is 0.408. The third kappa shape index (κ3) is 3.71. The van der Waals surface area contributed by atoms with Crippen LogP contribution in [-0.2, 0) is 6.54 Å². The van der Waals surface area contributed by atoms with Crippen molar-refractivity contribution in [3.8, 4) is 22.3 Å². The number of aromatic amines is 2. The van der Waals surface area contributed by atoms with Crippen molar-refractivity contribution in [1.82, 2.24) is 19.9 Å². The van der Waals surface area contributed by atoms with Gasteiger partial charge in [-0.1, -0.05) is 60.7 Å². The second-order valence-corrected chi connectivity index (χ2v) is 7.05. The molecule has 5 aromatic rings. The molecule has 146 valence electrons. The number of nitrogens with one attached hydrogen (secondary N) is 3. The summed E-state index contributed by atoms with van der Waals surface area (Å²) in [6.07, 6.45) is 3.56. The van der Waals surface area contributed by atoms with Crippen LogP contribution < -0.4 is 11.0 Å². The Hall–Kier alpha value is -4.19. The topological polar surface area (TPSA) is 86.5 Å². The standard InChI is InChI=1S/C24H19N5O/c30-24-28-21-11-10-19(12-22(21)29-24)20-14-26-23(27-15-20)25-13-16-6-8-18(9-7-16)17-4-2-1-3-5-17/h1-12,14-15H,13H2,(H,25,26,27)(H2,28,29,30). The number of fused-ring (bicyclic) bond motifs is 1. The first-order valence-corrected chi connectivity index (χ1v) is 9.67. The van der Waals surface area contributed by atoms with E-state index >= 15 is 0 Å². The van der Waals surface area contributed by atoms with Crippen LogP contribution in [0.5, 0.6) is 0 Å². The Morgan fingerprint density at radius 1 is 0.700 bits per heavy atom. The SMILES string of the molecule is O=c1[nH]c2ccc(-c3cnc(NCc4ccc(-c5ccccc5)cc4)nc3)cc2[nH]1. The summed E-state index contributed by atoms with van der Waals surface area (Å²) in [5.74, 6) is 0.571. The molecular formula is C24H19N5O. The summed E-state index contributed by atoms with van der Waals surface area (Å²) in [5, 5.41) is 3.26. The lowest BCUT2D eigenvalue weighted by atomic mass is 10.0. The van der Waals surface area contributed by atoms with E-state index in [-0.39, 0.29) is 5.69 Å². The maximum absolute atomic E-state index is 11.4. The molecule has 2 aromatic heterocycles. The summed E-state index contributed by atoms with van der Waals surface area (Å²) in [4.78, 5) is 25.8. The Balaban J connectivity index is 1.26. The van der Waals surface area contributed by atoms with Gasteiger partial charge in [-0.2, -0.15) is 0 Å². The highest BCUT2D eigenvalue weighted by molar-refractivity contribution is 5.81. The van der Waals surface area contributed by atoms with Crippen LogP contribution in [0.25, 0.3) is 33.3 Å². The van der Waals surface area contributed by atoms with Gasteiger partial charge in [0.15, 0.2) is 0 Å². The highest BCUT2D eigenvalue weighted by Gasteiger charge is 2.04. The molecule has 0 amide bonds. The number of hydrogen-bond donors (Lipinski definition) is 3. The molecule has 0 aliphatic rings. The zero-order valence-corrected chi connectivity index (χ0v) is 16.1. The predicted molar refractivity (Wildman–Crippen MR) is 119 cm³/mol. The first-order valence-electron chi connectivity index (χ1n) is 9.67. The molecule has 0 aliphatic heterocycles. The van der Waals surface area contributed by atoms with Gasteiger partial charge in [0.2, 0.25) is 5.95 Å². The maximum atomic E-state index is 11.4. The predicted octanol–water partition coefficient (Wildman–Crippen LogP) is 4.59. The Bertz CT molecular complexity index is 1340. The van der Waals surface area contributed by atoms with Gasteiger partial charge in [0.1, 0.15) is 0 Å². The van der Waals surface area contributed by atoms with E-state index in [1.807, 2.05) is 36.4 Å². The van der Waals surface area contributed by atoms with Crippen molar-refractivity contribution in [2.45, 2.75) is 6.54 Å². The van der Waals surface area contributed by atoms with Gasteiger partial charge in [0, 0.05) is 24.5 Å². The number of H-pyrrole nitrogens is 2. The fourth-order valence-corrected chi connectivity index (χ4v) is 3.41. The van der Waals surface area contributed by atoms with Crippen molar-refractivity contribution in [1.29, 1.82) is 0 Å². The van der Waals surface area contributed by atoms with E-state index in [4.69, 9.17) is 0 Å². The second kappa shape index (κ2) is 7.67. The average Bonchev–Trinajstić information content (AvgIpc) is 3.18. The van der Waals surface area contributed by atoms with E-state index in [1.54, 1.807) is 12.4 Å². The van der Waals surface area contributed by atoms with Gasteiger partial charge in [-0.05, 0) is 34.4 Å². The molecule has 0 fully saturated rings. The maximum Gasteiger partial charge on any atom is 0.323 e. The van der Waals surface area contributed by atoms with E-state index in [0.717, 1.165) is 27.7 Å². The number of benzene rings is 3. The molecule has 6 nitrogen and oxygen atoms in total.